The van der Waals surface area contributed by atoms with Crippen molar-refractivity contribution in [3.8, 4) is 0 Å². The topological polar surface area (TPSA) is 42.0 Å². The van der Waals surface area contributed by atoms with E-state index in [0.717, 1.165) is 16.9 Å². The normalized spacial score (nSPS) is 11.9. The number of thioether (sulfide) groups is 1. The van der Waals surface area contributed by atoms with Gasteiger partial charge in [-0.05, 0) is 44.0 Å². The van der Waals surface area contributed by atoms with Crippen LogP contribution in [-0.4, -0.2) is 22.7 Å². The number of rotatable bonds is 6. The number of pyridine rings is 1. The molecule has 1 unspecified atom stereocenters. The van der Waals surface area contributed by atoms with Crippen LogP contribution in [0.4, 0.5) is 0 Å². The Kier molecular flexibility index (Phi) is 5.81. The Morgan fingerprint density at radius 1 is 1.29 bits per heavy atom. The van der Waals surface area contributed by atoms with Gasteiger partial charge in [-0.3, -0.25) is 9.78 Å². The Hall–Kier alpha value is -1.81. The first-order valence-corrected chi connectivity index (χ1v) is 7.93. The van der Waals surface area contributed by atoms with Crippen LogP contribution in [0.2, 0.25) is 0 Å². The van der Waals surface area contributed by atoms with Gasteiger partial charge in [0.25, 0.3) is 0 Å². The van der Waals surface area contributed by atoms with E-state index in [1.54, 1.807) is 18.0 Å². The van der Waals surface area contributed by atoms with E-state index in [-0.39, 0.29) is 11.2 Å². The lowest BCUT2D eigenvalue weighted by Gasteiger charge is -2.12. The number of benzene rings is 1. The zero-order valence-corrected chi connectivity index (χ0v) is 13.2. The number of aromatic nitrogens is 1. The van der Waals surface area contributed by atoms with Gasteiger partial charge in [0.1, 0.15) is 0 Å². The van der Waals surface area contributed by atoms with E-state index in [1.807, 2.05) is 25.3 Å². The number of nitrogens with zero attached hydrogens (tertiary/aromatic N) is 1. The minimum absolute atomic E-state index is 0.0736. The molecule has 2 rings (SSSR count). The molecule has 0 fully saturated rings. The smallest absolute Gasteiger partial charge is 0.233 e. The molecule has 0 aliphatic carbocycles. The van der Waals surface area contributed by atoms with Gasteiger partial charge in [0, 0.05) is 23.8 Å². The summed E-state index contributed by atoms with van der Waals surface area (Å²) >= 11 is 1.58. The van der Waals surface area contributed by atoms with Crippen molar-refractivity contribution in [3.05, 3.63) is 59.9 Å². The molecule has 0 saturated heterocycles. The van der Waals surface area contributed by atoms with Gasteiger partial charge >= 0.3 is 0 Å². The average Bonchev–Trinajstić information content (AvgIpc) is 2.50. The van der Waals surface area contributed by atoms with Gasteiger partial charge in [-0.15, -0.1) is 11.8 Å². The van der Waals surface area contributed by atoms with Crippen LogP contribution in [0.3, 0.4) is 0 Å². The molecule has 1 N–H and O–H groups in total. The van der Waals surface area contributed by atoms with E-state index < -0.39 is 0 Å². The van der Waals surface area contributed by atoms with Crippen molar-refractivity contribution in [2.45, 2.75) is 30.4 Å². The van der Waals surface area contributed by atoms with Crippen LogP contribution in [0.5, 0.6) is 0 Å². The van der Waals surface area contributed by atoms with Crippen molar-refractivity contribution in [2.24, 2.45) is 0 Å². The first-order chi connectivity index (χ1) is 10.1. The van der Waals surface area contributed by atoms with Gasteiger partial charge < -0.3 is 5.32 Å². The molecule has 0 aliphatic rings. The van der Waals surface area contributed by atoms with E-state index in [0.29, 0.717) is 6.54 Å². The lowest BCUT2D eigenvalue weighted by atomic mass is 10.2. The molecule has 110 valence electrons. The van der Waals surface area contributed by atoms with Crippen molar-refractivity contribution >= 4 is 17.7 Å². The van der Waals surface area contributed by atoms with Crippen molar-refractivity contribution in [2.75, 3.05) is 6.54 Å². The number of hydrogen-bond donors (Lipinski definition) is 1. The summed E-state index contributed by atoms with van der Waals surface area (Å²) in [6.07, 6.45) is 4.39. The Morgan fingerprint density at radius 2 is 2.05 bits per heavy atom. The van der Waals surface area contributed by atoms with E-state index >= 15 is 0 Å². The molecule has 0 bridgehead atoms. The Balaban J connectivity index is 1.76. The van der Waals surface area contributed by atoms with Crippen LogP contribution in [-0.2, 0) is 11.2 Å². The third kappa shape index (κ3) is 5.23. The number of aryl methyl sites for hydroxylation is 1. The zero-order chi connectivity index (χ0) is 15.1. The number of hydrogen-bond acceptors (Lipinski definition) is 3. The third-order valence-corrected chi connectivity index (χ3v) is 4.25. The number of carbonyl (C=O) groups is 1. The summed E-state index contributed by atoms with van der Waals surface area (Å²) in [6, 6.07) is 12.2. The molecule has 1 aromatic carbocycles. The van der Waals surface area contributed by atoms with Gasteiger partial charge in [-0.2, -0.15) is 0 Å². The second-order valence-corrected chi connectivity index (χ2v) is 6.39. The van der Waals surface area contributed by atoms with E-state index in [4.69, 9.17) is 0 Å². The maximum Gasteiger partial charge on any atom is 0.233 e. The van der Waals surface area contributed by atoms with Gasteiger partial charge in [0.15, 0.2) is 0 Å². The predicted octanol–water partition coefficient (Wildman–Crippen LogP) is 3.23. The molecule has 0 spiro atoms. The van der Waals surface area contributed by atoms with Crippen molar-refractivity contribution in [1.29, 1.82) is 0 Å². The molecular formula is C17H20N2OS. The summed E-state index contributed by atoms with van der Waals surface area (Å²) in [5.74, 6) is 0.0736. The van der Waals surface area contributed by atoms with Crippen molar-refractivity contribution in [1.82, 2.24) is 10.3 Å². The second-order valence-electron chi connectivity index (χ2n) is 4.98. The Morgan fingerprint density at radius 3 is 2.71 bits per heavy atom. The first-order valence-electron chi connectivity index (χ1n) is 7.05. The summed E-state index contributed by atoms with van der Waals surface area (Å²) in [5.41, 5.74) is 2.37. The first kappa shape index (κ1) is 15.6. The molecule has 3 nitrogen and oxygen atoms in total. The molecule has 1 amide bonds. The number of amides is 1. The second kappa shape index (κ2) is 7.84. The molecule has 4 heteroatoms. The van der Waals surface area contributed by atoms with Crippen LogP contribution in [0, 0.1) is 6.92 Å². The highest BCUT2D eigenvalue weighted by Gasteiger charge is 2.13. The van der Waals surface area contributed by atoms with E-state index in [2.05, 4.69) is 41.5 Å². The SMILES string of the molecule is Cc1ccc(SC(C)C(=O)NCCc2cccnc2)cc1. The maximum atomic E-state index is 12.1. The quantitative estimate of drug-likeness (QED) is 0.833. The van der Waals surface area contributed by atoms with Gasteiger partial charge in [0.2, 0.25) is 5.91 Å². The van der Waals surface area contributed by atoms with E-state index in [9.17, 15) is 4.79 Å². The maximum absolute atomic E-state index is 12.1. The average molecular weight is 300 g/mol. The standard InChI is InChI=1S/C17H20N2OS/c1-13-5-7-16(8-6-13)21-14(2)17(20)19-11-9-15-4-3-10-18-12-15/h3-8,10,12,14H,9,11H2,1-2H3,(H,19,20). The predicted molar refractivity (Wildman–Crippen MR) is 87.4 cm³/mol. The minimum Gasteiger partial charge on any atom is -0.355 e. The van der Waals surface area contributed by atoms with Gasteiger partial charge in [-0.1, -0.05) is 23.8 Å². The Labute approximate surface area is 130 Å². The number of nitrogens with one attached hydrogen (secondary N) is 1. The Bertz CT molecular complexity index is 569. The molecule has 0 aliphatic heterocycles. The summed E-state index contributed by atoms with van der Waals surface area (Å²) in [4.78, 5) is 17.2. The van der Waals surface area contributed by atoms with Crippen LogP contribution in [0.15, 0.2) is 53.7 Å². The zero-order valence-electron chi connectivity index (χ0n) is 12.4. The van der Waals surface area contributed by atoms with Gasteiger partial charge in [0.05, 0.1) is 5.25 Å². The molecule has 0 saturated carbocycles. The largest absolute Gasteiger partial charge is 0.355 e. The monoisotopic (exact) mass is 300 g/mol. The lowest BCUT2D eigenvalue weighted by molar-refractivity contribution is -0.120. The molecule has 21 heavy (non-hydrogen) atoms. The molecular weight excluding hydrogens is 280 g/mol. The summed E-state index contributed by atoms with van der Waals surface area (Å²) in [5, 5.41) is 2.88. The van der Waals surface area contributed by atoms with Crippen LogP contribution >= 0.6 is 11.8 Å². The van der Waals surface area contributed by atoms with E-state index in [1.165, 1.54) is 5.56 Å². The van der Waals surface area contributed by atoms with Crippen LogP contribution in [0.1, 0.15) is 18.1 Å². The molecule has 1 aromatic heterocycles. The fourth-order valence-corrected chi connectivity index (χ4v) is 2.79. The summed E-state index contributed by atoms with van der Waals surface area (Å²) in [6.45, 7) is 4.64. The summed E-state index contributed by atoms with van der Waals surface area (Å²) in [7, 11) is 0. The third-order valence-electron chi connectivity index (χ3n) is 3.14. The highest BCUT2D eigenvalue weighted by molar-refractivity contribution is 8.00. The molecule has 0 radical (unpaired) electrons. The highest BCUT2D eigenvalue weighted by Crippen LogP contribution is 2.23. The molecule has 1 heterocycles. The van der Waals surface area contributed by atoms with Crippen molar-refractivity contribution < 1.29 is 4.79 Å². The summed E-state index contributed by atoms with van der Waals surface area (Å²) < 4.78 is 0. The van der Waals surface area contributed by atoms with Crippen LogP contribution < -0.4 is 5.32 Å². The molecule has 2 aromatic rings. The fraction of sp³-hybridized carbons (Fsp3) is 0.294. The lowest BCUT2D eigenvalue weighted by Crippen LogP contribution is -2.32. The number of carbonyl (C=O) groups excluding carboxylic acids is 1. The minimum atomic E-state index is -0.0957. The van der Waals surface area contributed by atoms with Crippen molar-refractivity contribution in [3.63, 3.8) is 0 Å². The van der Waals surface area contributed by atoms with Crippen LogP contribution in [0.25, 0.3) is 0 Å². The van der Waals surface area contributed by atoms with Gasteiger partial charge in [-0.25, -0.2) is 0 Å². The highest BCUT2D eigenvalue weighted by atomic mass is 32.2. The molecule has 1 atom stereocenters. The fourth-order valence-electron chi connectivity index (χ4n) is 1.89.